The first-order chi connectivity index (χ1) is 10.0. The van der Waals surface area contributed by atoms with Crippen LogP contribution in [0.1, 0.15) is 38.1 Å². The summed E-state index contributed by atoms with van der Waals surface area (Å²) in [6.07, 6.45) is 0.277. The van der Waals surface area contributed by atoms with E-state index in [2.05, 4.69) is 24.5 Å². The van der Waals surface area contributed by atoms with Crippen LogP contribution in [-0.2, 0) is 14.3 Å². The molecule has 2 N–H and O–H groups in total. The van der Waals surface area contributed by atoms with Crippen LogP contribution < -0.4 is 10.6 Å². The zero-order chi connectivity index (χ0) is 15.7. The standard InChI is InChI=1S/C15H24N2O3S/c1-4-20-14(19)7-8-16-10-13(18)17-15(11(2)3)12-6-5-9-21-12/h5-6,9,11,15-16H,4,7-8,10H2,1-3H3,(H,17,18). The molecule has 0 aliphatic carbocycles. The highest BCUT2D eigenvalue weighted by Crippen LogP contribution is 2.25. The molecule has 118 valence electrons. The molecule has 0 aromatic carbocycles. The Balaban J connectivity index is 2.30. The summed E-state index contributed by atoms with van der Waals surface area (Å²) in [4.78, 5) is 24.2. The monoisotopic (exact) mass is 312 g/mol. The van der Waals surface area contributed by atoms with Gasteiger partial charge >= 0.3 is 5.97 Å². The number of carbonyl (C=O) groups is 2. The van der Waals surface area contributed by atoms with Crippen molar-refractivity contribution in [3.63, 3.8) is 0 Å². The Bertz CT molecular complexity index is 432. The number of esters is 1. The van der Waals surface area contributed by atoms with Gasteiger partial charge in [0.1, 0.15) is 0 Å². The van der Waals surface area contributed by atoms with Crippen molar-refractivity contribution in [2.45, 2.75) is 33.2 Å². The highest BCUT2D eigenvalue weighted by atomic mass is 32.1. The van der Waals surface area contributed by atoms with Gasteiger partial charge in [-0.2, -0.15) is 0 Å². The van der Waals surface area contributed by atoms with Crippen LogP contribution in [0.25, 0.3) is 0 Å². The van der Waals surface area contributed by atoms with Gasteiger partial charge in [-0.1, -0.05) is 19.9 Å². The number of amides is 1. The number of hydrogen-bond acceptors (Lipinski definition) is 5. The largest absolute Gasteiger partial charge is 0.466 e. The average Bonchev–Trinajstić information content (AvgIpc) is 2.94. The van der Waals surface area contributed by atoms with Crippen LogP contribution >= 0.6 is 11.3 Å². The van der Waals surface area contributed by atoms with Crippen LogP contribution in [0.5, 0.6) is 0 Å². The second-order valence-corrected chi connectivity index (χ2v) is 6.02. The molecule has 0 fully saturated rings. The second-order valence-electron chi connectivity index (χ2n) is 5.04. The number of rotatable bonds is 9. The van der Waals surface area contributed by atoms with Crippen molar-refractivity contribution in [2.24, 2.45) is 5.92 Å². The van der Waals surface area contributed by atoms with E-state index in [-0.39, 0.29) is 30.9 Å². The van der Waals surface area contributed by atoms with Gasteiger partial charge in [-0.25, -0.2) is 0 Å². The maximum absolute atomic E-state index is 11.9. The molecule has 1 amide bonds. The zero-order valence-corrected chi connectivity index (χ0v) is 13.7. The first-order valence-electron chi connectivity index (χ1n) is 7.23. The van der Waals surface area contributed by atoms with E-state index in [0.29, 0.717) is 19.1 Å². The van der Waals surface area contributed by atoms with E-state index in [4.69, 9.17) is 4.74 Å². The molecule has 0 bridgehead atoms. The number of carbonyl (C=O) groups excluding carboxylic acids is 2. The first kappa shape index (κ1) is 17.7. The summed E-state index contributed by atoms with van der Waals surface area (Å²) in [6.45, 7) is 6.97. The van der Waals surface area contributed by atoms with Crippen LogP contribution in [0.3, 0.4) is 0 Å². The molecular formula is C15H24N2O3S. The van der Waals surface area contributed by atoms with Gasteiger partial charge in [0.15, 0.2) is 0 Å². The van der Waals surface area contributed by atoms with Crippen molar-refractivity contribution in [3.05, 3.63) is 22.4 Å². The molecule has 6 heteroatoms. The van der Waals surface area contributed by atoms with Gasteiger partial charge in [-0.15, -0.1) is 11.3 Å². The molecule has 0 saturated carbocycles. The topological polar surface area (TPSA) is 67.4 Å². The van der Waals surface area contributed by atoms with Crippen molar-refractivity contribution in [2.75, 3.05) is 19.7 Å². The van der Waals surface area contributed by atoms with Gasteiger partial charge < -0.3 is 15.4 Å². The number of nitrogens with one attached hydrogen (secondary N) is 2. The third-order valence-electron chi connectivity index (χ3n) is 2.93. The minimum Gasteiger partial charge on any atom is -0.466 e. The highest BCUT2D eigenvalue weighted by molar-refractivity contribution is 7.10. The van der Waals surface area contributed by atoms with Gasteiger partial charge in [-0.05, 0) is 24.3 Å². The lowest BCUT2D eigenvalue weighted by atomic mass is 10.0. The summed E-state index contributed by atoms with van der Waals surface area (Å²) >= 11 is 1.64. The molecule has 1 rings (SSSR count). The third kappa shape index (κ3) is 6.73. The Hall–Kier alpha value is -1.40. The van der Waals surface area contributed by atoms with E-state index >= 15 is 0 Å². The van der Waals surface area contributed by atoms with E-state index < -0.39 is 0 Å². The Kier molecular flexibility index (Phi) is 8.00. The molecule has 1 heterocycles. The Morgan fingerprint density at radius 3 is 2.71 bits per heavy atom. The van der Waals surface area contributed by atoms with Crippen LogP contribution in [0.4, 0.5) is 0 Å². The lowest BCUT2D eigenvalue weighted by Gasteiger charge is -2.21. The lowest BCUT2D eigenvalue weighted by molar-refractivity contribution is -0.143. The van der Waals surface area contributed by atoms with Crippen LogP contribution in [0, 0.1) is 5.92 Å². The van der Waals surface area contributed by atoms with Gasteiger partial charge in [0.2, 0.25) is 5.91 Å². The molecule has 21 heavy (non-hydrogen) atoms. The molecule has 1 aromatic rings. The summed E-state index contributed by atoms with van der Waals surface area (Å²) in [5.41, 5.74) is 0. The molecule has 5 nitrogen and oxygen atoms in total. The molecular weight excluding hydrogens is 288 g/mol. The number of hydrogen-bond donors (Lipinski definition) is 2. The maximum Gasteiger partial charge on any atom is 0.307 e. The van der Waals surface area contributed by atoms with E-state index in [9.17, 15) is 9.59 Å². The molecule has 0 saturated heterocycles. The molecule has 1 aromatic heterocycles. The smallest absolute Gasteiger partial charge is 0.307 e. The first-order valence-corrected chi connectivity index (χ1v) is 8.11. The van der Waals surface area contributed by atoms with Crippen LogP contribution in [-0.4, -0.2) is 31.6 Å². The number of ether oxygens (including phenoxy) is 1. The molecule has 0 radical (unpaired) electrons. The fourth-order valence-electron chi connectivity index (χ4n) is 1.88. The number of thiophene rings is 1. The maximum atomic E-state index is 11.9. The molecule has 0 aliphatic rings. The van der Waals surface area contributed by atoms with Crippen molar-refractivity contribution in [1.29, 1.82) is 0 Å². The highest BCUT2D eigenvalue weighted by Gasteiger charge is 2.18. The van der Waals surface area contributed by atoms with Crippen molar-refractivity contribution < 1.29 is 14.3 Å². The third-order valence-corrected chi connectivity index (χ3v) is 3.89. The Labute approximate surface area is 130 Å². The van der Waals surface area contributed by atoms with Gasteiger partial charge in [0.05, 0.1) is 25.6 Å². The quantitative estimate of drug-likeness (QED) is 0.541. The average molecular weight is 312 g/mol. The minimum absolute atomic E-state index is 0.0318. The van der Waals surface area contributed by atoms with Gasteiger partial charge in [-0.3, -0.25) is 9.59 Å². The van der Waals surface area contributed by atoms with E-state index in [1.165, 1.54) is 0 Å². The van der Waals surface area contributed by atoms with Crippen molar-refractivity contribution in [1.82, 2.24) is 10.6 Å². The van der Waals surface area contributed by atoms with E-state index in [0.717, 1.165) is 4.88 Å². The van der Waals surface area contributed by atoms with Crippen LogP contribution in [0.2, 0.25) is 0 Å². The second kappa shape index (κ2) is 9.52. The summed E-state index contributed by atoms with van der Waals surface area (Å²) in [5.74, 6) is 0.0159. The predicted molar refractivity (Wildman–Crippen MR) is 84.2 cm³/mol. The van der Waals surface area contributed by atoms with Gasteiger partial charge in [0, 0.05) is 11.4 Å². The van der Waals surface area contributed by atoms with Crippen molar-refractivity contribution in [3.8, 4) is 0 Å². The SMILES string of the molecule is CCOC(=O)CCNCC(=O)NC(c1cccs1)C(C)C. The molecule has 1 atom stereocenters. The predicted octanol–water partition coefficient (Wildman–Crippen LogP) is 2.10. The fraction of sp³-hybridized carbons (Fsp3) is 0.600. The van der Waals surface area contributed by atoms with E-state index in [1.54, 1.807) is 18.3 Å². The summed E-state index contributed by atoms with van der Waals surface area (Å²) in [7, 11) is 0. The van der Waals surface area contributed by atoms with Crippen molar-refractivity contribution >= 4 is 23.2 Å². The summed E-state index contributed by atoms with van der Waals surface area (Å²) < 4.78 is 4.82. The lowest BCUT2D eigenvalue weighted by Crippen LogP contribution is -2.38. The van der Waals surface area contributed by atoms with E-state index in [1.807, 2.05) is 17.5 Å². The van der Waals surface area contributed by atoms with Gasteiger partial charge in [0.25, 0.3) is 0 Å². The molecule has 0 spiro atoms. The molecule has 1 unspecified atom stereocenters. The normalized spacial score (nSPS) is 12.2. The fourth-order valence-corrected chi connectivity index (χ4v) is 2.83. The van der Waals surface area contributed by atoms with Crippen LogP contribution in [0.15, 0.2) is 17.5 Å². The summed E-state index contributed by atoms with van der Waals surface area (Å²) in [6, 6.07) is 4.05. The molecule has 0 aliphatic heterocycles. The Morgan fingerprint density at radius 2 is 2.14 bits per heavy atom. The Morgan fingerprint density at radius 1 is 1.38 bits per heavy atom. The zero-order valence-electron chi connectivity index (χ0n) is 12.8. The summed E-state index contributed by atoms with van der Waals surface area (Å²) in [5, 5.41) is 7.99. The minimum atomic E-state index is -0.246.